The van der Waals surface area contributed by atoms with Crippen LogP contribution in [0.3, 0.4) is 0 Å². The van der Waals surface area contributed by atoms with Crippen molar-refractivity contribution < 1.29 is 9.53 Å². The first-order valence-corrected chi connectivity index (χ1v) is 5.56. The van der Waals surface area contributed by atoms with Crippen molar-refractivity contribution in [3.8, 4) is 0 Å². The largest absolute Gasteiger partial charge is 0.423 e. The molecule has 0 aromatic rings. The van der Waals surface area contributed by atoms with Gasteiger partial charge in [-0.1, -0.05) is 25.5 Å². The maximum atomic E-state index is 11.6. The Morgan fingerprint density at radius 1 is 1.53 bits per heavy atom. The van der Waals surface area contributed by atoms with Crippen LogP contribution in [-0.2, 0) is 9.53 Å². The molecule has 0 spiro atoms. The molecule has 0 aromatic heterocycles. The summed E-state index contributed by atoms with van der Waals surface area (Å²) in [5, 5.41) is 0. The van der Waals surface area contributed by atoms with Gasteiger partial charge in [-0.05, 0) is 31.8 Å². The van der Waals surface area contributed by atoms with Crippen LogP contribution in [-0.4, -0.2) is 5.97 Å². The molecule has 15 heavy (non-hydrogen) atoms. The third kappa shape index (κ3) is 1.76. The second-order valence-corrected chi connectivity index (χ2v) is 4.08. The molecule has 2 aliphatic rings. The summed E-state index contributed by atoms with van der Waals surface area (Å²) in [5.74, 6) is 0.674. The lowest BCUT2D eigenvalue weighted by Gasteiger charge is -2.09. The van der Waals surface area contributed by atoms with Crippen LogP contribution < -0.4 is 0 Å². The van der Waals surface area contributed by atoms with Gasteiger partial charge in [0, 0.05) is 5.57 Å². The topological polar surface area (TPSA) is 26.3 Å². The van der Waals surface area contributed by atoms with E-state index in [-0.39, 0.29) is 5.97 Å². The minimum absolute atomic E-state index is 0.175. The summed E-state index contributed by atoms with van der Waals surface area (Å²) >= 11 is 0. The van der Waals surface area contributed by atoms with Crippen LogP contribution in [0, 0.1) is 0 Å². The highest BCUT2D eigenvalue weighted by Gasteiger charge is 2.30. The van der Waals surface area contributed by atoms with Gasteiger partial charge in [-0.25, -0.2) is 4.79 Å². The van der Waals surface area contributed by atoms with E-state index < -0.39 is 0 Å². The molecular weight excluding hydrogens is 188 g/mol. The molecule has 1 aliphatic carbocycles. The molecule has 0 radical (unpaired) electrons. The van der Waals surface area contributed by atoms with E-state index in [0.29, 0.717) is 0 Å². The maximum Gasteiger partial charge on any atom is 0.343 e. The molecule has 0 saturated carbocycles. The normalized spacial score (nSPS) is 22.9. The summed E-state index contributed by atoms with van der Waals surface area (Å²) in [6.45, 7) is 4.19. The van der Waals surface area contributed by atoms with Crippen LogP contribution >= 0.6 is 0 Å². The molecule has 2 rings (SSSR count). The monoisotopic (exact) mass is 204 g/mol. The first-order chi connectivity index (χ1) is 7.24. The molecule has 2 nitrogen and oxygen atoms in total. The lowest BCUT2D eigenvalue weighted by molar-refractivity contribution is -0.132. The summed E-state index contributed by atoms with van der Waals surface area (Å²) in [6, 6.07) is 0. The van der Waals surface area contributed by atoms with E-state index in [1.165, 1.54) is 5.57 Å². The Balaban J connectivity index is 2.38. The highest BCUT2D eigenvalue weighted by molar-refractivity contribution is 5.97. The van der Waals surface area contributed by atoms with Crippen LogP contribution in [0.4, 0.5) is 0 Å². The lowest BCUT2D eigenvalue weighted by Crippen LogP contribution is -1.97. The predicted octanol–water partition coefficient (Wildman–Crippen LogP) is 3.26. The van der Waals surface area contributed by atoms with Gasteiger partial charge in [0.05, 0.1) is 5.57 Å². The Labute approximate surface area is 90.3 Å². The van der Waals surface area contributed by atoms with E-state index in [9.17, 15) is 4.79 Å². The van der Waals surface area contributed by atoms with Gasteiger partial charge in [0.15, 0.2) is 0 Å². The van der Waals surface area contributed by atoms with Crippen molar-refractivity contribution in [2.45, 2.75) is 39.5 Å². The highest BCUT2D eigenvalue weighted by atomic mass is 16.5. The average Bonchev–Trinajstić information content (AvgIpc) is 2.58. The highest BCUT2D eigenvalue weighted by Crippen LogP contribution is 2.36. The van der Waals surface area contributed by atoms with Gasteiger partial charge in [0.1, 0.15) is 5.76 Å². The molecule has 0 unspecified atom stereocenters. The van der Waals surface area contributed by atoms with E-state index in [1.807, 2.05) is 12.2 Å². The van der Waals surface area contributed by atoms with Crippen LogP contribution in [0.25, 0.3) is 0 Å². The van der Waals surface area contributed by atoms with E-state index in [1.54, 1.807) is 0 Å². The first kappa shape index (κ1) is 10.2. The molecule has 0 amide bonds. The van der Waals surface area contributed by atoms with E-state index in [2.05, 4.69) is 13.8 Å². The van der Waals surface area contributed by atoms with Gasteiger partial charge in [-0.15, -0.1) is 0 Å². The van der Waals surface area contributed by atoms with E-state index in [4.69, 9.17) is 4.74 Å². The van der Waals surface area contributed by atoms with Crippen molar-refractivity contribution in [1.29, 1.82) is 0 Å². The van der Waals surface area contributed by atoms with Crippen LogP contribution in [0.1, 0.15) is 39.5 Å². The first-order valence-electron chi connectivity index (χ1n) is 5.56. The van der Waals surface area contributed by atoms with E-state index >= 15 is 0 Å². The smallest absolute Gasteiger partial charge is 0.343 e. The van der Waals surface area contributed by atoms with E-state index in [0.717, 1.165) is 42.6 Å². The van der Waals surface area contributed by atoms with Crippen molar-refractivity contribution in [2.24, 2.45) is 0 Å². The Bertz CT molecular complexity index is 383. The number of rotatable bonds is 2. The van der Waals surface area contributed by atoms with Gasteiger partial charge < -0.3 is 4.74 Å². The molecule has 0 saturated heterocycles. The fraction of sp³-hybridized carbons (Fsp3) is 0.462. The number of hydrogen-bond acceptors (Lipinski definition) is 2. The third-order valence-electron chi connectivity index (χ3n) is 2.87. The summed E-state index contributed by atoms with van der Waals surface area (Å²) in [4.78, 5) is 11.6. The average molecular weight is 204 g/mol. The maximum absolute atomic E-state index is 11.6. The number of esters is 1. The van der Waals surface area contributed by atoms with Gasteiger partial charge in [0.25, 0.3) is 0 Å². The number of cyclic esters (lactones) is 1. The van der Waals surface area contributed by atoms with Gasteiger partial charge in [-0.3, -0.25) is 0 Å². The van der Waals surface area contributed by atoms with Crippen LogP contribution in [0.15, 0.2) is 34.6 Å². The van der Waals surface area contributed by atoms with Crippen molar-refractivity contribution in [3.63, 3.8) is 0 Å². The Morgan fingerprint density at radius 3 is 3.07 bits per heavy atom. The molecule has 0 N–H and O–H groups in total. The minimum atomic E-state index is -0.175. The molecule has 0 fully saturated rings. The minimum Gasteiger partial charge on any atom is -0.423 e. The molecule has 0 bridgehead atoms. The van der Waals surface area contributed by atoms with Crippen molar-refractivity contribution in [1.82, 2.24) is 0 Å². The zero-order chi connectivity index (χ0) is 10.8. The molecule has 1 aliphatic heterocycles. The fourth-order valence-corrected chi connectivity index (χ4v) is 2.13. The van der Waals surface area contributed by atoms with Crippen molar-refractivity contribution in [3.05, 3.63) is 34.6 Å². The van der Waals surface area contributed by atoms with Crippen molar-refractivity contribution >= 4 is 5.97 Å². The van der Waals surface area contributed by atoms with Gasteiger partial charge in [-0.2, -0.15) is 0 Å². The second kappa shape index (κ2) is 4.05. The Morgan fingerprint density at radius 2 is 2.33 bits per heavy atom. The molecule has 1 heterocycles. The Kier molecular flexibility index (Phi) is 2.76. The van der Waals surface area contributed by atoms with Crippen molar-refractivity contribution in [2.75, 3.05) is 0 Å². The van der Waals surface area contributed by atoms with Gasteiger partial charge in [0.2, 0.25) is 0 Å². The fourth-order valence-electron chi connectivity index (χ4n) is 2.13. The number of carbonyl (C=O) groups excluding carboxylic acids is 1. The molecule has 0 aromatic carbocycles. The zero-order valence-corrected chi connectivity index (χ0v) is 9.30. The quantitative estimate of drug-likeness (QED) is 0.645. The predicted molar refractivity (Wildman–Crippen MR) is 59.1 cm³/mol. The van der Waals surface area contributed by atoms with Crippen LogP contribution in [0.5, 0.6) is 0 Å². The summed E-state index contributed by atoms with van der Waals surface area (Å²) in [6.07, 6.45) is 7.98. The molecular formula is C13H16O2. The summed E-state index contributed by atoms with van der Waals surface area (Å²) < 4.78 is 5.34. The summed E-state index contributed by atoms with van der Waals surface area (Å²) in [7, 11) is 0. The number of allylic oxidation sites excluding steroid dienone is 3. The third-order valence-corrected chi connectivity index (χ3v) is 2.87. The molecule has 80 valence electrons. The second-order valence-electron chi connectivity index (χ2n) is 4.08. The SMILES string of the molecule is CCC/C(C)=C1\OC(=O)C2=C1CCC=C2. The Hall–Kier alpha value is -1.31. The zero-order valence-electron chi connectivity index (χ0n) is 9.30. The number of carbonyl (C=O) groups is 1. The number of hydrogen-bond donors (Lipinski definition) is 0. The summed E-state index contributed by atoms with van der Waals surface area (Å²) in [5.41, 5.74) is 3.09. The lowest BCUT2D eigenvalue weighted by atomic mass is 9.95. The van der Waals surface area contributed by atoms with Gasteiger partial charge >= 0.3 is 5.97 Å². The standard InChI is InChI=1S/C13H16O2/c1-3-6-9(2)12-10-7-4-5-8-11(10)13(14)15-12/h5,8H,3-4,6-7H2,1-2H3/b12-9-. The van der Waals surface area contributed by atoms with Crippen LogP contribution in [0.2, 0.25) is 0 Å². The molecule has 2 heteroatoms. The molecule has 0 atom stereocenters. The number of ether oxygens (including phenoxy) is 1.